The summed E-state index contributed by atoms with van der Waals surface area (Å²) >= 11 is 0. The van der Waals surface area contributed by atoms with E-state index in [9.17, 15) is 4.79 Å². The average Bonchev–Trinajstić information content (AvgIpc) is 2.99. The predicted molar refractivity (Wildman–Crippen MR) is 95.9 cm³/mol. The van der Waals surface area contributed by atoms with Crippen molar-refractivity contribution in [3.05, 3.63) is 17.5 Å². The van der Waals surface area contributed by atoms with Crippen molar-refractivity contribution < 1.29 is 9.32 Å². The second kappa shape index (κ2) is 8.15. The molecule has 1 saturated heterocycles. The highest BCUT2D eigenvalue weighted by Crippen LogP contribution is 2.29. The van der Waals surface area contributed by atoms with Gasteiger partial charge in [0.15, 0.2) is 0 Å². The van der Waals surface area contributed by atoms with Crippen molar-refractivity contribution in [3.8, 4) is 0 Å². The van der Waals surface area contributed by atoms with E-state index in [0.717, 1.165) is 50.5 Å². The lowest BCUT2D eigenvalue weighted by Gasteiger charge is -2.32. The van der Waals surface area contributed by atoms with E-state index in [1.54, 1.807) is 0 Å². The fraction of sp³-hybridized carbons (Fsp3) is 0.789. The molecule has 0 bridgehead atoms. The Balaban J connectivity index is 2.01. The van der Waals surface area contributed by atoms with Crippen LogP contribution in [0.25, 0.3) is 0 Å². The van der Waals surface area contributed by atoms with E-state index >= 15 is 0 Å². The van der Waals surface area contributed by atoms with Gasteiger partial charge in [0.1, 0.15) is 5.76 Å². The Morgan fingerprint density at radius 2 is 2.04 bits per heavy atom. The predicted octanol–water partition coefficient (Wildman–Crippen LogP) is 3.00. The van der Waals surface area contributed by atoms with E-state index in [4.69, 9.17) is 4.52 Å². The van der Waals surface area contributed by atoms with Crippen molar-refractivity contribution in [2.24, 2.45) is 11.8 Å². The number of hydrogen-bond donors (Lipinski definition) is 1. The molecule has 0 aliphatic carbocycles. The summed E-state index contributed by atoms with van der Waals surface area (Å²) in [7, 11) is 0. The van der Waals surface area contributed by atoms with Gasteiger partial charge in [-0.1, -0.05) is 25.9 Å². The molecule has 0 saturated carbocycles. The van der Waals surface area contributed by atoms with E-state index < -0.39 is 0 Å². The van der Waals surface area contributed by atoms with Gasteiger partial charge in [0, 0.05) is 31.0 Å². The molecule has 2 atom stereocenters. The maximum Gasteiger partial charge on any atom is 0.222 e. The van der Waals surface area contributed by atoms with Crippen LogP contribution in [0.4, 0.5) is 0 Å². The van der Waals surface area contributed by atoms with Crippen LogP contribution in [-0.4, -0.2) is 42.1 Å². The van der Waals surface area contributed by atoms with Crippen LogP contribution in [0.15, 0.2) is 10.6 Å². The van der Waals surface area contributed by atoms with Crippen molar-refractivity contribution in [1.29, 1.82) is 0 Å². The first-order valence-electron chi connectivity index (χ1n) is 9.29. The molecule has 1 amide bonds. The monoisotopic (exact) mass is 335 g/mol. The molecule has 5 heteroatoms. The van der Waals surface area contributed by atoms with Crippen LogP contribution >= 0.6 is 0 Å². The second-order valence-electron chi connectivity index (χ2n) is 7.92. The van der Waals surface area contributed by atoms with Crippen molar-refractivity contribution >= 4 is 5.91 Å². The Kier molecular flexibility index (Phi) is 6.44. The molecule has 1 fully saturated rings. The zero-order chi connectivity index (χ0) is 17.7. The topological polar surface area (TPSA) is 58.4 Å². The van der Waals surface area contributed by atoms with E-state index in [1.165, 1.54) is 0 Å². The number of carbonyl (C=O) groups excluding carboxylic acids is 1. The molecule has 24 heavy (non-hydrogen) atoms. The van der Waals surface area contributed by atoms with E-state index in [-0.39, 0.29) is 11.3 Å². The van der Waals surface area contributed by atoms with Crippen LogP contribution in [0.3, 0.4) is 0 Å². The van der Waals surface area contributed by atoms with Gasteiger partial charge in [-0.25, -0.2) is 0 Å². The Morgan fingerprint density at radius 3 is 2.62 bits per heavy atom. The Hall–Kier alpha value is -1.36. The molecule has 0 aromatic carbocycles. The number of rotatable bonds is 6. The lowest BCUT2D eigenvalue weighted by molar-refractivity contribution is -0.132. The highest BCUT2D eigenvalue weighted by molar-refractivity contribution is 5.76. The van der Waals surface area contributed by atoms with Crippen LogP contribution in [0.1, 0.15) is 58.9 Å². The second-order valence-corrected chi connectivity index (χ2v) is 7.92. The quantitative estimate of drug-likeness (QED) is 0.868. The minimum atomic E-state index is -0.0197. The summed E-state index contributed by atoms with van der Waals surface area (Å²) in [6.07, 6.45) is 2.59. The zero-order valence-electron chi connectivity index (χ0n) is 15.9. The molecule has 5 nitrogen and oxygen atoms in total. The first-order chi connectivity index (χ1) is 11.3. The third kappa shape index (κ3) is 4.82. The molecule has 2 unspecified atom stereocenters. The van der Waals surface area contributed by atoms with Gasteiger partial charge < -0.3 is 14.7 Å². The average molecular weight is 335 g/mol. The molecule has 1 aromatic rings. The van der Waals surface area contributed by atoms with Gasteiger partial charge in [0.2, 0.25) is 5.91 Å². The molecule has 1 aliphatic rings. The van der Waals surface area contributed by atoms with Crippen molar-refractivity contribution in [2.45, 2.75) is 59.3 Å². The fourth-order valence-corrected chi connectivity index (χ4v) is 3.44. The summed E-state index contributed by atoms with van der Waals surface area (Å²) in [6, 6.07) is 2.08. The van der Waals surface area contributed by atoms with Crippen LogP contribution in [0.5, 0.6) is 0 Å². The van der Waals surface area contributed by atoms with Crippen LogP contribution in [0.2, 0.25) is 0 Å². The molecule has 0 radical (unpaired) electrons. The summed E-state index contributed by atoms with van der Waals surface area (Å²) in [6.45, 7) is 14.0. The first kappa shape index (κ1) is 19.0. The third-order valence-corrected chi connectivity index (χ3v) is 5.09. The first-order valence-corrected chi connectivity index (χ1v) is 9.29. The molecule has 1 aliphatic heterocycles. The minimum absolute atomic E-state index is 0.0197. The Morgan fingerprint density at radius 1 is 1.33 bits per heavy atom. The van der Waals surface area contributed by atoms with Gasteiger partial charge in [-0.3, -0.25) is 4.79 Å². The highest BCUT2D eigenvalue weighted by atomic mass is 16.5. The summed E-state index contributed by atoms with van der Waals surface area (Å²) < 4.78 is 5.51. The third-order valence-electron chi connectivity index (χ3n) is 5.09. The Labute approximate surface area is 146 Å². The van der Waals surface area contributed by atoms with Crippen LogP contribution < -0.4 is 5.32 Å². The molecular weight excluding hydrogens is 302 g/mol. The molecule has 136 valence electrons. The van der Waals surface area contributed by atoms with Gasteiger partial charge in [-0.2, -0.15) is 0 Å². The number of aromatic nitrogens is 1. The van der Waals surface area contributed by atoms with E-state index in [2.05, 4.69) is 37.3 Å². The number of nitrogens with one attached hydrogen (secondary N) is 1. The van der Waals surface area contributed by atoms with Gasteiger partial charge >= 0.3 is 0 Å². The summed E-state index contributed by atoms with van der Waals surface area (Å²) in [5.74, 6) is 2.08. The molecule has 2 heterocycles. The van der Waals surface area contributed by atoms with Crippen LogP contribution in [-0.2, 0) is 16.6 Å². The smallest absolute Gasteiger partial charge is 0.222 e. The number of piperidine rings is 1. The highest BCUT2D eigenvalue weighted by Gasteiger charge is 2.30. The lowest BCUT2D eigenvalue weighted by atomic mass is 9.80. The maximum atomic E-state index is 12.5. The Bertz CT molecular complexity index is 529. The number of nitrogens with zero attached hydrogens (tertiary/aromatic N) is 2. The number of carbonyl (C=O) groups is 1. The summed E-state index contributed by atoms with van der Waals surface area (Å²) in [4.78, 5) is 14.4. The SMILES string of the molecule is CCN(CC)C(=O)CC1CCNCC1Cc1cc(C(C)(C)C)on1. The number of hydrogen-bond acceptors (Lipinski definition) is 4. The normalized spacial score (nSPS) is 21.7. The number of amides is 1. The van der Waals surface area contributed by atoms with Gasteiger partial charge in [0.25, 0.3) is 0 Å². The standard InChI is InChI=1S/C19H33N3O2/c1-6-22(7-2)18(23)11-14-8-9-20-13-15(14)10-16-12-17(24-21-16)19(3,4)5/h12,14-15,20H,6-11,13H2,1-5H3. The molecule has 0 spiro atoms. The fourth-order valence-electron chi connectivity index (χ4n) is 3.44. The summed E-state index contributed by atoms with van der Waals surface area (Å²) in [5.41, 5.74) is 0.989. The van der Waals surface area contributed by atoms with Crippen molar-refractivity contribution in [2.75, 3.05) is 26.2 Å². The van der Waals surface area contributed by atoms with E-state index in [0.29, 0.717) is 18.3 Å². The van der Waals surface area contributed by atoms with Gasteiger partial charge in [-0.05, 0) is 51.6 Å². The van der Waals surface area contributed by atoms with Crippen LogP contribution in [0, 0.1) is 11.8 Å². The maximum absolute atomic E-state index is 12.5. The van der Waals surface area contributed by atoms with Gasteiger partial charge in [-0.15, -0.1) is 0 Å². The summed E-state index contributed by atoms with van der Waals surface area (Å²) in [5, 5.41) is 7.73. The molecular formula is C19H33N3O2. The molecule has 1 aromatic heterocycles. The van der Waals surface area contributed by atoms with Gasteiger partial charge in [0.05, 0.1) is 5.69 Å². The minimum Gasteiger partial charge on any atom is -0.361 e. The van der Waals surface area contributed by atoms with Crippen molar-refractivity contribution in [3.63, 3.8) is 0 Å². The lowest BCUT2D eigenvalue weighted by Crippen LogP contribution is -2.41. The van der Waals surface area contributed by atoms with E-state index in [1.807, 2.05) is 18.7 Å². The van der Waals surface area contributed by atoms with Crippen molar-refractivity contribution in [1.82, 2.24) is 15.4 Å². The zero-order valence-corrected chi connectivity index (χ0v) is 15.9. The molecule has 2 rings (SSSR count). The largest absolute Gasteiger partial charge is 0.361 e. The molecule has 1 N–H and O–H groups in total.